The van der Waals surface area contributed by atoms with Gasteiger partial charge in [0, 0.05) is 0 Å². The van der Waals surface area contributed by atoms with Crippen LogP contribution in [0.5, 0.6) is 0 Å². The van der Waals surface area contributed by atoms with Gasteiger partial charge in [-0.2, -0.15) is 0 Å². The predicted molar refractivity (Wildman–Crippen MR) is 35.8 cm³/mol. The fourth-order valence-corrected chi connectivity index (χ4v) is 0.622. The van der Waals surface area contributed by atoms with Crippen LogP contribution >= 0.6 is 23.2 Å². The fraction of sp³-hybridized carbons (Fsp3) is 1.00. The number of aliphatic hydroxyl groups excluding tert-OH is 3. The van der Waals surface area contributed by atoms with E-state index >= 15 is 0 Å². The molecular weight excluding hydrogens is 183 g/mol. The molecule has 2 unspecified atom stereocenters. The zero-order valence-corrected chi connectivity index (χ0v) is 6.42. The van der Waals surface area contributed by atoms with Gasteiger partial charge in [-0.25, -0.2) is 0 Å². The maximum atomic E-state index is 8.73. The van der Waals surface area contributed by atoms with Crippen LogP contribution in [0.3, 0.4) is 0 Å². The molecule has 0 radical (unpaired) electrons. The first-order valence-electron chi connectivity index (χ1n) is 2.46. The average molecular weight is 191 g/mol. The van der Waals surface area contributed by atoms with Crippen LogP contribution in [0.4, 0.5) is 0 Å². The molecule has 0 bridgehead atoms. The molecule has 6 heteroatoms. The minimum Gasteiger partial charge on any atom is -0.394 e. The van der Waals surface area contributed by atoms with Crippen molar-refractivity contribution in [2.24, 2.45) is 0 Å². The molecule has 4 nitrogen and oxygen atoms in total. The fourth-order valence-electron chi connectivity index (χ4n) is 0.331. The number of alkyl halides is 2. The first-order valence-corrected chi connectivity index (χ1v) is 3.22. The summed E-state index contributed by atoms with van der Waals surface area (Å²) in [5.74, 6) is 0. The largest absolute Gasteiger partial charge is 0.394 e. The lowest BCUT2D eigenvalue weighted by molar-refractivity contribution is -0.0651. The van der Waals surface area contributed by atoms with Gasteiger partial charge in [-0.05, 0) is 0 Å². The molecule has 0 aliphatic heterocycles. The minimum absolute atomic E-state index is 0.719. The van der Waals surface area contributed by atoms with Gasteiger partial charge in [0.05, 0.1) is 6.61 Å². The van der Waals surface area contributed by atoms with Crippen molar-refractivity contribution in [2.75, 3.05) is 6.61 Å². The van der Waals surface area contributed by atoms with Crippen molar-refractivity contribution >= 4 is 23.2 Å². The lowest BCUT2D eigenvalue weighted by atomic mass is 10.2. The molecule has 0 aromatic heterocycles. The third kappa shape index (κ3) is 3.01. The smallest absolute Gasteiger partial charge is 0.244 e. The molecule has 0 aliphatic rings. The molecule has 0 spiro atoms. The van der Waals surface area contributed by atoms with Crippen molar-refractivity contribution in [3.63, 3.8) is 0 Å². The van der Waals surface area contributed by atoms with Crippen molar-refractivity contribution in [3.05, 3.63) is 0 Å². The molecule has 0 aliphatic carbocycles. The second-order valence-corrected chi connectivity index (χ2v) is 3.13. The van der Waals surface area contributed by atoms with Crippen LogP contribution in [0.25, 0.3) is 0 Å². The van der Waals surface area contributed by atoms with Crippen LogP contribution in [-0.2, 0) is 0 Å². The quantitative estimate of drug-likeness (QED) is 0.423. The molecule has 0 fully saturated rings. The third-order valence-corrected chi connectivity index (χ3v) is 1.35. The minimum atomic E-state index is -2.43. The van der Waals surface area contributed by atoms with Crippen molar-refractivity contribution in [1.29, 1.82) is 0 Å². The number of rotatable bonds is 3. The molecule has 10 heavy (non-hydrogen) atoms. The van der Waals surface area contributed by atoms with E-state index in [4.69, 9.17) is 43.6 Å². The molecule has 0 aromatic rings. The SMILES string of the molecule is OCC(O)C(O)C(O)(Cl)Cl. The van der Waals surface area contributed by atoms with Crippen molar-refractivity contribution in [3.8, 4) is 0 Å². The molecule has 62 valence electrons. The van der Waals surface area contributed by atoms with Crippen LogP contribution in [0.2, 0.25) is 0 Å². The summed E-state index contributed by atoms with van der Waals surface area (Å²) in [6.07, 6.45) is -3.32. The number of hydrogen-bond acceptors (Lipinski definition) is 4. The molecule has 4 N–H and O–H groups in total. The standard InChI is InChI=1S/C4H8Cl2O4/c5-4(6,10)3(9)2(8)1-7/h2-3,7-10H,1H2. The highest BCUT2D eigenvalue weighted by Crippen LogP contribution is 2.23. The molecule has 2 atom stereocenters. The third-order valence-electron chi connectivity index (χ3n) is 0.907. The van der Waals surface area contributed by atoms with Gasteiger partial charge < -0.3 is 20.4 Å². The van der Waals surface area contributed by atoms with Gasteiger partial charge in [-0.15, -0.1) is 0 Å². The molecule has 0 amide bonds. The number of halogens is 2. The van der Waals surface area contributed by atoms with E-state index in [2.05, 4.69) is 0 Å². The van der Waals surface area contributed by atoms with E-state index in [0.29, 0.717) is 0 Å². The van der Waals surface area contributed by atoms with E-state index in [9.17, 15) is 0 Å². The Kier molecular flexibility index (Phi) is 3.86. The second kappa shape index (κ2) is 3.71. The Morgan fingerprint density at radius 1 is 1.30 bits per heavy atom. The predicted octanol–water partition coefficient (Wildman–Crippen LogP) is -1.18. The van der Waals surface area contributed by atoms with E-state index < -0.39 is 23.3 Å². The highest BCUT2D eigenvalue weighted by Gasteiger charge is 2.35. The Morgan fingerprint density at radius 3 is 1.80 bits per heavy atom. The van der Waals surface area contributed by atoms with Gasteiger partial charge in [0.2, 0.25) is 4.52 Å². The van der Waals surface area contributed by atoms with Crippen molar-refractivity contribution in [2.45, 2.75) is 16.7 Å². The van der Waals surface area contributed by atoms with Gasteiger partial charge in [-0.3, -0.25) is 0 Å². The first-order chi connectivity index (χ1) is 4.39. The van der Waals surface area contributed by atoms with Gasteiger partial charge in [0.25, 0.3) is 0 Å². The second-order valence-electron chi connectivity index (χ2n) is 1.78. The Bertz CT molecular complexity index is 102. The molecule has 0 rings (SSSR count). The Morgan fingerprint density at radius 2 is 1.70 bits per heavy atom. The van der Waals surface area contributed by atoms with E-state index in [1.807, 2.05) is 0 Å². The summed E-state index contributed by atoms with van der Waals surface area (Å²) in [6, 6.07) is 0. The number of hydrogen-bond donors (Lipinski definition) is 4. The van der Waals surface area contributed by atoms with Gasteiger partial charge in [-0.1, -0.05) is 23.2 Å². The van der Waals surface area contributed by atoms with Crippen LogP contribution in [-0.4, -0.2) is 43.8 Å². The molecule has 0 heterocycles. The van der Waals surface area contributed by atoms with Crippen LogP contribution in [0.1, 0.15) is 0 Å². The Balaban J connectivity index is 3.94. The topological polar surface area (TPSA) is 80.9 Å². The lowest BCUT2D eigenvalue weighted by Gasteiger charge is -2.22. The van der Waals surface area contributed by atoms with Gasteiger partial charge >= 0.3 is 0 Å². The monoisotopic (exact) mass is 190 g/mol. The lowest BCUT2D eigenvalue weighted by Crippen LogP contribution is -2.42. The summed E-state index contributed by atoms with van der Waals surface area (Å²) in [7, 11) is 0. The zero-order chi connectivity index (χ0) is 8.36. The average Bonchev–Trinajstić information content (AvgIpc) is 1.83. The summed E-state index contributed by atoms with van der Waals surface area (Å²) in [6.45, 7) is -0.719. The zero-order valence-electron chi connectivity index (χ0n) is 4.91. The Hall–Kier alpha value is 0.420. The van der Waals surface area contributed by atoms with E-state index in [0.717, 1.165) is 0 Å². The maximum absolute atomic E-state index is 8.73. The molecule has 0 saturated heterocycles. The highest BCUT2D eigenvalue weighted by molar-refractivity contribution is 6.47. The summed E-state index contributed by atoms with van der Waals surface area (Å²) >= 11 is 9.91. The summed E-state index contributed by atoms with van der Waals surface area (Å²) in [5, 5.41) is 34.2. The first kappa shape index (κ1) is 10.4. The highest BCUT2D eigenvalue weighted by atomic mass is 35.5. The molecular formula is C4H8Cl2O4. The van der Waals surface area contributed by atoms with Crippen LogP contribution in [0, 0.1) is 0 Å². The normalized spacial score (nSPS) is 18.6. The van der Waals surface area contributed by atoms with E-state index in [1.165, 1.54) is 0 Å². The van der Waals surface area contributed by atoms with E-state index in [-0.39, 0.29) is 0 Å². The van der Waals surface area contributed by atoms with Crippen molar-refractivity contribution in [1.82, 2.24) is 0 Å². The summed E-state index contributed by atoms with van der Waals surface area (Å²) in [4.78, 5) is 0. The van der Waals surface area contributed by atoms with Gasteiger partial charge in [0.15, 0.2) is 0 Å². The molecule has 0 saturated carbocycles. The maximum Gasteiger partial charge on any atom is 0.244 e. The van der Waals surface area contributed by atoms with E-state index in [1.54, 1.807) is 0 Å². The van der Waals surface area contributed by atoms with Gasteiger partial charge in [0.1, 0.15) is 12.2 Å². The summed E-state index contributed by atoms with van der Waals surface area (Å²) in [5.41, 5.74) is 0. The molecule has 0 aromatic carbocycles. The summed E-state index contributed by atoms with van der Waals surface area (Å²) < 4.78 is -2.43. The Labute approximate surface area is 67.6 Å². The van der Waals surface area contributed by atoms with Crippen molar-refractivity contribution < 1.29 is 20.4 Å². The van der Waals surface area contributed by atoms with Crippen LogP contribution in [0.15, 0.2) is 0 Å². The van der Waals surface area contributed by atoms with Crippen LogP contribution < -0.4 is 0 Å². The number of aliphatic hydroxyl groups is 4.